The van der Waals surface area contributed by atoms with Gasteiger partial charge in [0.05, 0.1) is 0 Å². The molecule has 78 valence electrons. The summed E-state index contributed by atoms with van der Waals surface area (Å²) >= 11 is -0.110. The molecule has 0 N–H and O–H groups in total. The minimum atomic E-state index is -0.0368. The molecule has 0 aromatic carbocycles. The molecule has 0 aromatic heterocycles. The minimum absolute atomic E-state index is 0.0368. The number of nitrogens with zero attached hydrogens (tertiary/aromatic N) is 3. The number of hydrogen-bond acceptors (Lipinski definition) is 3. The molecule has 0 amide bonds. The quantitative estimate of drug-likeness (QED) is 0.541. The first-order valence-corrected chi connectivity index (χ1v) is 8.97. The summed E-state index contributed by atoms with van der Waals surface area (Å²) in [6.07, 6.45) is 7.04. The van der Waals surface area contributed by atoms with Crippen LogP contribution in [-0.2, 0) is 0 Å². The first kappa shape index (κ1) is 11.0. The normalized spacial score (nSPS) is 51.0. The summed E-state index contributed by atoms with van der Waals surface area (Å²) in [4.78, 5) is 0. The molecule has 1 aliphatic heterocycles. The van der Waals surface area contributed by atoms with Gasteiger partial charge in [0.25, 0.3) is 0 Å². The summed E-state index contributed by atoms with van der Waals surface area (Å²) in [6.45, 7) is 0. The van der Waals surface area contributed by atoms with Gasteiger partial charge in [-0.25, -0.2) is 11.1 Å². The average Bonchev–Trinajstić information content (AvgIpc) is 2.08. The van der Waals surface area contributed by atoms with Crippen molar-refractivity contribution in [3.63, 3.8) is 0 Å². The highest BCUT2D eigenvalue weighted by molar-refractivity contribution is 8.40. The third-order valence-corrected chi connectivity index (χ3v) is 12.2. The average molecular weight is 231 g/mol. The van der Waals surface area contributed by atoms with Gasteiger partial charge in [0.1, 0.15) is 0 Å². The highest BCUT2D eigenvalue weighted by Crippen LogP contribution is 2.59. The van der Waals surface area contributed by atoms with E-state index in [1.165, 1.54) is 0 Å². The minimum Gasteiger partial charge on any atom is -0.214 e. The fourth-order valence-electron chi connectivity index (χ4n) is 1.12. The van der Waals surface area contributed by atoms with Crippen LogP contribution < -0.4 is 0 Å². The Bertz CT molecular complexity index is 110. The molecule has 0 spiro atoms. The van der Waals surface area contributed by atoms with Gasteiger partial charge in [-0.3, -0.25) is 0 Å². The van der Waals surface area contributed by atoms with Gasteiger partial charge < -0.3 is 0 Å². The lowest BCUT2D eigenvalue weighted by atomic mass is 11.6. The van der Waals surface area contributed by atoms with Crippen LogP contribution in [0.2, 0.25) is 0 Å². The van der Waals surface area contributed by atoms with Crippen LogP contribution in [0.25, 0.3) is 0 Å². The molecule has 6 heteroatoms. The van der Waals surface area contributed by atoms with E-state index in [9.17, 15) is 0 Å². The molecule has 0 atom stereocenters. The van der Waals surface area contributed by atoms with E-state index >= 15 is 0 Å². The van der Waals surface area contributed by atoms with E-state index in [0.717, 1.165) is 0 Å². The maximum Gasteiger partial charge on any atom is 0.00750 e. The molecule has 0 radical (unpaired) electrons. The number of thiol groups is 3. The molecule has 3 nitrogen and oxygen atoms in total. The van der Waals surface area contributed by atoms with Gasteiger partial charge in [0.2, 0.25) is 0 Å². The molecule has 0 saturated carbocycles. The lowest BCUT2D eigenvalue weighted by Gasteiger charge is -2.56. The van der Waals surface area contributed by atoms with Gasteiger partial charge in [0.15, 0.2) is 0 Å². The van der Waals surface area contributed by atoms with E-state index in [-0.39, 0.29) is 33.8 Å². The maximum atomic E-state index is 2.52. The van der Waals surface area contributed by atoms with Crippen molar-refractivity contribution in [1.82, 2.24) is 11.1 Å². The SMILES string of the molecule is CN1[SH](C)N(C)[SH](C)N(C)[SH]1C. The van der Waals surface area contributed by atoms with Crippen molar-refractivity contribution in [2.75, 3.05) is 39.9 Å². The van der Waals surface area contributed by atoms with Crippen LogP contribution in [0.4, 0.5) is 0 Å². The molecule has 1 fully saturated rings. The second kappa shape index (κ2) is 3.98. The predicted molar refractivity (Wildman–Crippen MR) is 68.0 cm³/mol. The zero-order chi connectivity index (χ0) is 9.46. The van der Waals surface area contributed by atoms with Crippen molar-refractivity contribution in [2.24, 2.45) is 0 Å². The van der Waals surface area contributed by atoms with E-state index < -0.39 is 0 Å². The standard InChI is InChI=1S/C6H21N3S3/c1-7-10(4)8(2)12(6)9(3)11(7)5/h10-12H,1-6H3. The highest BCUT2D eigenvalue weighted by Gasteiger charge is 2.28. The largest absolute Gasteiger partial charge is 0.214 e. The second-order valence-corrected chi connectivity index (χ2v) is 10.4. The fourth-order valence-corrected chi connectivity index (χ4v) is 9.47. The zero-order valence-electron chi connectivity index (χ0n) is 8.68. The van der Waals surface area contributed by atoms with Crippen molar-refractivity contribution in [3.05, 3.63) is 0 Å². The van der Waals surface area contributed by atoms with Crippen LogP contribution in [0.1, 0.15) is 0 Å². The van der Waals surface area contributed by atoms with Gasteiger partial charge in [-0.15, -0.1) is 33.8 Å². The fraction of sp³-hybridized carbons (Fsp3) is 1.00. The molecule has 0 bridgehead atoms. The smallest absolute Gasteiger partial charge is 0.00750 e. The van der Waals surface area contributed by atoms with Crippen LogP contribution >= 0.6 is 33.8 Å². The van der Waals surface area contributed by atoms with Gasteiger partial charge >= 0.3 is 0 Å². The summed E-state index contributed by atoms with van der Waals surface area (Å²) in [5.74, 6) is 0. The molecule has 0 unspecified atom stereocenters. The summed E-state index contributed by atoms with van der Waals surface area (Å²) in [5.41, 5.74) is 0. The Morgan fingerprint density at radius 2 is 0.750 bits per heavy atom. The Hall–Kier alpha value is 0.930. The van der Waals surface area contributed by atoms with Crippen LogP contribution in [0.5, 0.6) is 0 Å². The Balaban J connectivity index is 2.76. The molecule has 0 aliphatic carbocycles. The Morgan fingerprint density at radius 3 is 0.917 bits per heavy atom. The summed E-state index contributed by atoms with van der Waals surface area (Å²) in [6, 6.07) is 0. The van der Waals surface area contributed by atoms with Gasteiger partial charge in [-0.05, 0) is 18.8 Å². The van der Waals surface area contributed by atoms with Crippen molar-refractivity contribution in [2.45, 2.75) is 0 Å². The molecular weight excluding hydrogens is 210 g/mol. The van der Waals surface area contributed by atoms with Crippen molar-refractivity contribution in [3.8, 4) is 0 Å². The third-order valence-electron chi connectivity index (χ3n) is 2.51. The van der Waals surface area contributed by atoms with Crippen molar-refractivity contribution in [1.29, 1.82) is 0 Å². The van der Waals surface area contributed by atoms with Crippen LogP contribution in [-0.4, -0.2) is 51.0 Å². The first-order valence-electron chi connectivity index (χ1n) is 3.88. The lowest BCUT2D eigenvalue weighted by molar-refractivity contribution is 0.721. The first-order chi connectivity index (χ1) is 5.46. The van der Waals surface area contributed by atoms with Crippen LogP contribution in [0.15, 0.2) is 0 Å². The molecule has 1 heterocycles. The molecule has 12 heavy (non-hydrogen) atoms. The van der Waals surface area contributed by atoms with E-state index in [1.54, 1.807) is 0 Å². The number of rotatable bonds is 0. The topological polar surface area (TPSA) is 9.72 Å². The van der Waals surface area contributed by atoms with Gasteiger partial charge in [0, 0.05) is 21.1 Å². The summed E-state index contributed by atoms with van der Waals surface area (Å²) in [5, 5.41) is 0. The summed E-state index contributed by atoms with van der Waals surface area (Å²) < 4.78 is 7.56. The van der Waals surface area contributed by atoms with E-state index in [0.29, 0.717) is 0 Å². The Kier molecular flexibility index (Phi) is 3.65. The van der Waals surface area contributed by atoms with Crippen LogP contribution in [0, 0.1) is 0 Å². The molecule has 0 aromatic rings. The van der Waals surface area contributed by atoms with Crippen molar-refractivity contribution >= 4 is 33.8 Å². The maximum absolute atomic E-state index is 2.52. The van der Waals surface area contributed by atoms with Gasteiger partial charge in [-0.1, -0.05) is 0 Å². The zero-order valence-corrected chi connectivity index (χ0v) is 11.4. The second-order valence-electron chi connectivity index (χ2n) is 2.94. The van der Waals surface area contributed by atoms with E-state index in [4.69, 9.17) is 0 Å². The molecule has 1 saturated heterocycles. The Labute approximate surface area is 84.9 Å². The molecular formula is C6H21N3S3. The van der Waals surface area contributed by atoms with E-state index in [2.05, 4.69) is 51.0 Å². The van der Waals surface area contributed by atoms with Gasteiger partial charge in [-0.2, -0.15) is 0 Å². The van der Waals surface area contributed by atoms with E-state index in [1.807, 2.05) is 0 Å². The predicted octanol–water partition coefficient (Wildman–Crippen LogP) is 1.18. The lowest BCUT2D eigenvalue weighted by Crippen LogP contribution is -2.36. The monoisotopic (exact) mass is 231 g/mol. The molecule has 1 aliphatic rings. The Morgan fingerprint density at radius 1 is 0.583 bits per heavy atom. The molecule has 1 rings (SSSR count). The highest BCUT2D eigenvalue weighted by atomic mass is 32.3. The number of hydrogen-bond donors (Lipinski definition) is 3. The third kappa shape index (κ3) is 1.73. The summed E-state index contributed by atoms with van der Waals surface area (Å²) in [7, 11) is 6.73. The van der Waals surface area contributed by atoms with Crippen LogP contribution in [0.3, 0.4) is 0 Å². The van der Waals surface area contributed by atoms with Crippen molar-refractivity contribution < 1.29 is 0 Å².